The summed E-state index contributed by atoms with van der Waals surface area (Å²) in [5.41, 5.74) is 1.75. The maximum absolute atomic E-state index is 6.14. The van der Waals surface area contributed by atoms with Crippen LogP contribution in [0.25, 0.3) is 0 Å². The summed E-state index contributed by atoms with van der Waals surface area (Å²) in [5, 5.41) is 4.47. The monoisotopic (exact) mass is 273 g/mol. The maximum atomic E-state index is 6.14. The highest BCUT2D eigenvalue weighted by Crippen LogP contribution is 2.29. The van der Waals surface area contributed by atoms with Gasteiger partial charge in [-0.1, -0.05) is 23.2 Å². The van der Waals surface area contributed by atoms with Crippen molar-refractivity contribution in [1.29, 1.82) is 0 Å². The van der Waals surface area contributed by atoms with Crippen LogP contribution in [0.5, 0.6) is 0 Å². The lowest BCUT2D eigenvalue weighted by Crippen LogP contribution is -2.18. The van der Waals surface area contributed by atoms with E-state index in [1.807, 2.05) is 13.1 Å². The van der Waals surface area contributed by atoms with Gasteiger partial charge in [0.1, 0.15) is 0 Å². The highest BCUT2D eigenvalue weighted by atomic mass is 35.5. The molecule has 1 heterocycles. The van der Waals surface area contributed by atoms with Gasteiger partial charge in [-0.3, -0.25) is 0 Å². The zero-order valence-corrected chi connectivity index (χ0v) is 10.8. The highest BCUT2D eigenvalue weighted by molar-refractivity contribution is 6.99. The number of rotatable bonds is 3. The predicted octanol–water partition coefficient (Wildman–Crippen LogP) is 3.15. The van der Waals surface area contributed by atoms with E-state index in [0.717, 1.165) is 11.3 Å². The number of nitrogens with one attached hydrogen (secondary N) is 1. The predicted molar refractivity (Wildman–Crippen MR) is 67.3 cm³/mol. The number of hydrogen-bond acceptors (Lipinski definition) is 4. The van der Waals surface area contributed by atoms with Gasteiger partial charge < -0.3 is 5.32 Å². The van der Waals surface area contributed by atoms with Crippen LogP contribution < -0.4 is 5.32 Å². The minimum Gasteiger partial charge on any atom is -0.308 e. The van der Waals surface area contributed by atoms with E-state index >= 15 is 0 Å². The molecule has 16 heavy (non-hydrogen) atoms. The third-order valence-corrected chi connectivity index (χ3v) is 3.30. The number of benzene rings is 1. The Morgan fingerprint density at radius 3 is 2.81 bits per heavy atom. The molecular formula is C10H9Cl2N3S. The van der Waals surface area contributed by atoms with Gasteiger partial charge in [-0.15, -0.1) is 0 Å². The molecule has 6 heteroatoms. The zero-order valence-electron chi connectivity index (χ0n) is 8.45. The van der Waals surface area contributed by atoms with E-state index in [4.69, 9.17) is 23.2 Å². The van der Waals surface area contributed by atoms with Crippen molar-refractivity contribution < 1.29 is 0 Å². The summed E-state index contributed by atoms with van der Waals surface area (Å²) in [6.07, 6.45) is 1.73. The van der Waals surface area contributed by atoms with Gasteiger partial charge in [-0.2, -0.15) is 8.75 Å². The lowest BCUT2D eigenvalue weighted by atomic mass is 10.0. The van der Waals surface area contributed by atoms with E-state index in [1.54, 1.807) is 18.3 Å². The molecule has 0 fully saturated rings. The van der Waals surface area contributed by atoms with Crippen LogP contribution in [0.1, 0.15) is 17.3 Å². The highest BCUT2D eigenvalue weighted by Gasteiger charge is 2.17. The van der Waals surface area contributed by atoms with E-state index in [2.05, 4.69) is 14.1 Å². The molecule has 0 aliphatic heterocycles. The third-order valence-electron chi connectivity index (χ3n) is 2.23. The molecule has 1 N–H and O–H groups in total. The minimum absolute atomic E-state index is 0.0788. The molecular weight excluding hydrogens is 265 g/mol. The number of hydrogen-bond donors (Lipinski definition) is 1. The summed E-state index contributed by atoms with van der Waals surface area (Å²) in [5.74, 6) is 0. The molecule has 1 atom stereocenters. The van der Waals surface area contributed by atoms with E-state index in [1.165, 1.54) is 11.7 Å². The second kappa shape index (κ2) is 5.10. The standard InChI is InChI=1S/C10H9Cl2N3S/c1-13-10(9-5-14-16-15-9)7-4-6(11)2-3-8(7)12/h2-5,10,13H,1H3. The quantitative estimate of drug-likeness (QED) is 0.934. The Bertz CT molecular complexity index is 473. The van der Waals surface area contributed by atoms with Gasteiger partial charge in [-0.05, 0) is 30.8 Å². The van der Waals surface area contributed by atoms with Gasteiger partial charge in [-0.25, -0.2) is 0 Å². The first-order valence-corrected chi connectivity index (χ1v) is 6.10. The van der Waals surface area contributed by atoms with Crippen molar-refractivity contribution in [1.82, 2.24) is 14.1 Å². The van der Waals surface area contributed by atoms with Crippen molar-refractivity contribution >= 4 is 34.9 Å². The lowest BCUT2D eigenvalue weighted by Gasteiger charge is -2.15. The van der Waals surface area contributed by atoms with Crippen molar-refractivity contribution in [3.05, 3.63) is 45.7 Å². The normalized spacial score (nSPS) is 12.7. The Morgan fingerprint density at radius 2 is 2.19 bits per heavy atom. The van der Waals surface area contributed by atoms with Crippen molar-refractivity contribution in [2.45, 2.75) is 6.04 Å². The molecule has 0 saturated heterocycles. The molecule has 0 aliphatic carbocycles. The first-order chi connectivity index (χ1) is 7.72. The van der Waals surface area contributed by atoms with Crippen LogP contribution in [-0.2, 0) is 0 Å². The van der Waals surface area contributed by atoms with Crippen molar-refractivity contribution in [2.75, 3.05) is 7.05 Å². The summed E-state index contributed by atoms with van der Waals surface area (Å²) < 4.78 is 8.18. The molecule has 0 bridgehead atoms. The van der Waals surface area contributed by atoms with Crippen molar-refractivity contribution in [3.63, 3.8) is 0 Å². The van der Waals surface area contributed by atoms with Crippen molar-refractivity contribution in [3.8, 4) is 0 Å². The molecule has 1 aromatic heterocycles. The van der Waals surface area contributed by atoms with Gasteiger partial charge in [0, 0.05) is 10.0 Å². The van der Waals surface area contributed by atoms with E-state index < -0.39 is 0 Å². The van der Waals surface area contributed by atoms with Crippen LogP contribution in [0.3, 0.4) is 0 Å². The Morgan fingerprint density at radius 1 is 1.38 bits per heavy atom. The molecule has 3 nitrogen and oxygen atoms in total. The summed E-state index contributed by atoms with van der Waals surface area (Å²) >= 11 is 13.3. The van der Waals surface area contributed by atoms with Crippen molar-refractivity contribution in [2.24, 2.45) is 0 Å². The Kier molecular flexibility index (Phi) is 3.76. The molecule has 1 aromatic carbocycles. The zero-order chi connectivity index (χ0) is 11.5. The Labute approximate surface area is 108 Å². The Balaban J connectivity index is 2.44. The molecule has 1 unspecified atom stereocenters. The fourth-order valence-corrected chi connectivity index (χ4v) is 2.35. The fourth-order valence-electron chi connectivity index (χ4n) is 1.50. The average Bonchev–Trinajstić information content (AvgIpc) is 2.78. The summed E-state index contributed by atoms with van der Waals surface area (Å²) in [6, 6.07) is 5.30. The van der Waals surface area contributed by atoms with Gasteiger partial charge >= 0.3 is 0 Å². The first kappa shape index (κ1) is 11.8. The van der Waals surface area contributed by atoms with Crippen LogP contribution in [0, 0.1) is 0 Å². The molecule has 84 valence electrons. The van der Waals surface area contributed by atoms with Crippen LogP contribution in [0.4, 0.5) is 0 Å². The second-order valence-corrected chi connectivity index (χ2v) is 4.62. The van der Waals surface area contributed by atoms with Gasteiger partial charge in [0.05, 0.1) is 29.7 Å². The summed E-state index contributed by atoms with van der Waals surface area (Å²) in [4.78, 5) is 0. The SMILES string of the molecule is CNC(c1cnsn1)c1cc(Cl)ccc1Cl. The second-order valence-electron chi connectivity index (χ2n) is 3.22. The molecule has 0 amide bonds. The van der Waals surface area contributed by atoms with Crippen LogP contribution in [0.2, 0.25) is 10.0 Å². The molecule has 0 spiro atoms. The maximum Gasteiger partial charge on any atom is 0.0958 e. The van der Waals surface area contributed by atoms with Gasteiger partial charge in [0.2, 0.25) is 0 Å². The summed E-state index contributed by atoms with van der Waals surface area (Å²) in [6.45, 7) is 0. The number of nitrogens with zero attached hydrogens (tertiary/aromatic N) is 2. The fraction of sp³-hybridized carbons (Fsp3) is 0.200. The smallest absolute Gasteiger partial charge is 0.0958 e. The van der Waals surface area contributed by atoms with E-state index in [0.29, 0.717) is 10.0 Å². The molecule has 0 radical (unpaired) electrons. The van der Waals surface area contributed by atoms with Gasteiger partial charge in [0.25, 0.3) is 0 Å². The molecule has 0 aliphatic rings. The van der Waals surface area contributed by atoms with E-state index in [9.17, 15) is 0 Å². The topological polar surface area (TPSA) is 37.8 Å². The lowest BCUT2D eigenvalue weighted by molar-refractivity contribution is 0.677. The average molecular weight is 274 g/mol. The number of aromatic nitrogens is 2. The molecule has 2 rings (SSSR count). The summed E-state index contributed by atoms with van der Waals surface area (Å²) in [7, 11) is 1.85. The molecule has 0 saturated carbocycles. The van der Waals surface area contributed by atoms with Gasteiger partial charge in [0.15, 0.2) is 0 Å². The largest absolute Gasteiger partial charge is 0.308 e. The molecule has 2 aromatic rings. The minimum atomic E-state index is -0.0788. The Hall–Kier alpha value is -0.680. The van der Waals surface area contributed by atoms with Crippen LogP contribution in [-0.4, -0.2) is 15.8 Å². The third kappa shape index (κ3) is 2.35. The number of halogens is 2. The van der Waals surface area contributed by atoms with Crippen LogP contribution >= 0.6 is 34.9 Å². The van der Waals surface area contributed by atoms with Crippen LogP contribution in [0.15, 0.2) is 24.4 Å². The first-order valence-electron chi connectivity index (χ1n) is 4.62. The van der Waals surface area contributed by atoms with E-state index in [-0.39, 0.29) is 6.04 Å².